The molecule has 0 aliphatic heterocycles. The Morgan fingerprint density at radius 1 is 1.64 bits per heavy atom. The highest BCUT2D eigenvalue weighted by molar-refractivity contribution is 7.73. The number of H-pyrrole nitrogens is 1. The Hall–Kier alpha value is -1.28. The molecule has 2 aromatic heterocycles. The highest BCUT2D eigenvalue weighted by Gasteiger charge is 1.99. The van der Waals surface area contributed by atoms with Crippen LogP contribution in [0.4, 0.5) is 5.13 Å². The molecule has 0 aromatic carbocycles. The van der Waals surface area contributed by atoms with Crippen LogP contribution < -0.4 is 5.32 Å². The van der Waals surface area contributed by atoms with Crippen LogP contribution in [0.5, 0.6) is 0 Å². The maximum atomic E-state index is 4.88. The molecule has 0 spiro atoms. The van der Waals surface area contributed by atoms with Gasteiger partial charge in [0.25, 0.3) is 0 Å². The number of aromatic amines is 1. The van der Waals surface area contributed by atoms with Crippen LogP contribution in [0.1, 0.15) is 5.82 Å². The monoisotopic (exact) mass is 229 g/mol. The molecule has 0 atom stereocenters. The van der Waals surface area contributed by atoms with Gasteiger partial charge in [-0.25, -0.2) is 0 Å². The van der Waals surface area contributed by atoms with Gasteiger partial charge in [0, 0.05) is 13.0 Å². The van der Waals surface area contributed by atoms with E-state index in [9.17, 15) is 0 Å². The van der Waals surface area contributed by atoms with Crippen molar-refractivity contribution in [2.75, 3.05) is 11.9 Å². The van der Waals surface area contributed by atoms with Crippen LogP contribution in [0.3, 0.4) is 0 Å². The third kappa shape index (κ3) is 2.36. The van der Waals surface area contributed by atoms with Crippen molar-refractivity contribution >= 4 is 28.7 Å². The summed E-state index contributed by atoms with van der Waals surface area (Å²) in [6, 6.07) is 0. The number of rotatable bonds is 4. The van der Waals surface area contributed by atoms with Crippen LogP contribution in [-0.2, 0) is 6.42 Å². The third-order valence-electron chi connectivity index (χ3n) is 1.47. The van der Waals surface area contributed by atoms with Gasteiger partial charge in [-0.2, -0.15) is 4.98 Å². The number of nitrogens with zero attached hydrogens (tertiary/aromatic N) is 3. The minimum atomic E-state index is 0.659. The number of aromatic nitrogens is 4. The Morgan fingerprint density at radius 2 is 2.57 bits per heavy atom. The maximum absolute atomic E-state index is 4.88. The molecule has 74 valence electrons. The van der Waals surface area contributed by atoms with E-state index in [1.165, 1.54) is 17.7 Å². The van der Waals surface area contributed by atoms with Crippen molar-refractivity contribution in [2.24, 2.45) is 0 Å². The first kappa shape index (κ1) is 9.28. The Labute approximate surface area is 88.4 Å². The molecular weight excluding hydrogens is 222 g/mol. The van der Waals surface area contributed by atoms with E-state index in [1.807, 2.05) is 0 Å². The van der Waals surface area contributed by atoms with Crippen LogP contribution in [0.25, 0.3) is 0 Å². The fourth-order valence-electron chi connectivity index (χ4n) is 0.889. The van der Waals surface area contributed by atoms with Gasteiger partial charge in [0.2, 0.25) is 11.5 Å². The van der Waals surface area contributed by atoms with E-state index in [0.717, 1.165) is 5.13 Å². The van der Waals surface area contributed by atoms with E-state index < -0.39 is 0 Å². The average molecular weight is 229 g/mol. The lowest BCUT2D eigenvalue weighted by molar-refractivity contribution is 0.410. The zero-order valence-corrected chi connectivity index (χ0v) is 8.69. The van der Waals surface area contributed by atoms with Gasteiger partial charge in [-0.05, 0) is 12.2 Å². The van der Waals surface area contributed by atoms with Gasteiger partial charge in [-0.1, -0.05) is 16.5 Å². The molecule has 2 rings (SSSR count). The van der Waals surface area contributed by atoms with Crippen molar-refractivity contribution < 1.29 is 4.52 Å². The molecule has 0 aliphatic rings. The van der Waals surface area contributed by atoms with Crippen LogP contribution >= 0.6 is 23.6 Å². The molecule has 0 aliphatic carbocycles. The van der Waals surface area contributed by atoms with Gasteiger partial charge in [-0.15, -0.1) is 5.10 Å². The van der Waals surface area contributed by atoms with Crippen molar-refractivity contribution in [3.63, 3.8) is 0 Å². The van der Waals surface area contributed by atoms with Crippen LogP contribution in [-0.4, -0.2) is 26.9 Å². The van der Waals surface area contributed by atoms with Crippen molar-refractivity contribution in [1.29, 1.82) is 0 Å². The molecule has 2 aromatic rings. The predicted molar refractivity (Wildman–Crippen MR) is 53.8 cm³/mol. The van der Waals surface area contributed by atoms with E-state index in [1.54, 1.807) is 0 Å². The van der Waals surface area contributed by atoms with Crippen molar-refractivity contribution in [2.45, 2.75) is 6.42 Å². The minimum Gasteiger partial charge on any atom is -0.360 e. The summed E-state index contributed by atoms with van der Waals surface area (Å²) in [6.45, 7) is 0.704. The molecule has 0 bridgehead atoms. The summed E-state index contributed by atoms with van der Waals surface area (Å²) >= 11 is 6.28. The highest BCUT2D eigenvalue weighted by atomic mass is 32.1. The molecule has 0 unspecified atom stereocenters. The summed E-state index contributed by atoms with van der Waals surface area (Å²) in [6.07, 6.45) is 2.01. The SMILES string of the molecule is S=c1[nH]nc(NCCc2ncon2)s1. The molecule has 6 nitrogen and oxygen atoms in total. The van der Waals surface area contributed by atoms with E-state index >= 15 is 0 Å². The van der Waals surface area contributed by atoms with Gasteiger partial charge in [0.1, 0.15) is 0 Å². The number of anilines is 1. The van der Waals surface area contributed by atoms with Crippen molar-refractivity contribution in [1.82, 2.24) is 20.3 Å². The Balaban J connectivity index is 1.81. The van der Waals surface area contributed by atoms with Gasteiger partial charge >= 0.3 is 0 Å². The molecule has 0 amide bonds. The quantitative estimate of drug-likeness (QED) is 0.768. The first-order chi connectivity index (χ1) is 6.84. The first-order valence-corrected chi connectivity index (χ1v) is 5.12. The van der Waals surface area contributed by atoms with Crippen molar-refractivity contribution in [3.05, 3.63) is 16.2 Å². The second-order valence-corrected chi connectivity index (χ2v) is 4.11. The molecule has 2 N–H and O–H groups in total. The molecule has 0 radical (unpaired) electrons. The molecule has 8 heteroatoms. The summed E-state index contributed by atoms with van der Waals surface area (Å²) in [4.78, 5) is 3.89. The lowest BCUT2D eigenvalue weighted by Crippen LogP contribution is -2.05. The average Bonchev–Trinajstić information content (AvgIpc) is 2.77. The third-order valence-corrected chi connectivity index (χ3v) is 2.52. The summed E-state index contributed by atoms with van der Waals surface area (Å²) in [5.41, 5.74) is 0. The lowest BCUT2D eigenvalue weighted by Gasteiger charge is -1.96. The fraction of sp³-hybridized carbons (Fsp3) is 0.333. The van der Waals surface area contributed by atoms with Crippen LogP contribution in [0, 0.1) is 3.95 Å². The van der Waals surface area contributed by atoms with E-state index in [0.29, 0.717) is 22.7 Å². The zero-order valence-electron chi connectivity index (χ0n) is 7.06. The van der Waals surface area contributed by atoms with Crippen LogP contribution in [0.15, 0.2) is 10.9 Å². The summed E-state index contributed by atoms with van der Waals surface area (Å²) < 4.78 is 5.26. The smallest absolute Gasteiger partial charge is 0.213 e. The predicted octanol–water partition coefficient (Wildman–Crippen LogP) is 1.24. The molecule has 0 saturated carbocycles. The van der Waals surface area contributed by atoms with Gasteiger partial charge in [0.05, 0.1) is 0 Å². The van der Waals surface area contributed by atoms with Gasteiger partial charge in [0.15, 0.2) is 9.78 Å². The highest BCUT2D eigenvalue weighted by Crippen LogP contribution is 2.10. The summed E-state index contributed by atoms with van der Waals surface area (Å²) in [7, 11) is 0. The zero-order chi connectivity index (χ0) is 9.80. The number of hydrogen-bond donors (Lipinski definition) is 2. The summed E-state index contributed by atoms with van der Waals surface area (Å²) in [5.74, 6) is 0.677. The van der Waals surface area contributed by atoms with E-state index in [4.69, 9.17) is 12.2 Å². The Bertz CT molecular complexity index is 433. The molecule has 2 heterocycles. The Morgan fingerprint density at radius 3 is 3.21 bits per heavy atom. The summed E-state index contributed by atoms with van der Waals surface area (Å²) in [5, 5.41) is 14.2. The van der Waals surface area contributed by atoms with Crippen molar-refractivity contribution in [3.8, 4) is 0 Å². The number of nitrogens with one attached hydrogen (secondary N) is 2. The second kappa shape index (κ2) is 4.29. The fourth-order valence-corrected chi connectivity index (χ4v) is 1.70. The first-order valence-electron chi connectivity index (χ1n) is 3.89. The second-order valence-electron chi connectivity index (χ2n) is 2.44. The Kier molecular flexibility index (Phi) is 2.84. The lowest BCUT2D eigenvalue weighted by atomic mass is 10.4. The normalized spacial score (nSPS) is 10.3. The minimum absolute atomic E-state index is 0.659. The molecular formula is C6H7N5OS2. The molecule has 14 heavy (non-hydrogen) atoms. The van der Waals surface area contributed by atoms with E-state index in [2.05, 4.69) is 30.2 Å². The van der Waals surface area contributed by atoms with E-state index in [-0.39, 0.29) is 0 Å². The maximum Gasteiger partial charge on any atom is 0.213 e. The molecule has 0 fully saturated rings. The molecule has 0 saturated heterocycles. The standard InChI is InChI=1S/C6H7N5OS2/c13-6-10-9-5(14-6)7-2-1-4-8-3-12-11-4/h3H,1-2H2,(H,7,9)(H,10,13). The largest absolute Gasteiger partial charge is 0.360 e. The topological polar surface area (TPSA) is 79.6 Å². The van der Waals surface area contributed by atoms with Gasteiger partial charge in [-0.3, -0.25) is 5.10 Å². The van der Waals surface area contributed by atoms with Crippen LogP contribution in [0.2, 0.25) is 0 Å². The number of hydrogen-bond acceptors (Lipinski definition) is 7. The van der Waals surface area contributed by atoms with Gasteiger partial charge < -0.3 is 9.84 Å².